The van der Waals surface area contributed by atoms with Gasteiger partial charge in [-0.3, -0.25) is 4.79 Å². The van der Waals surface area contributed by atoms with Crippen molar-refractivity contribution in [1.82, 2.24) is 0 Å². The molecule has 0 radical (unpaired) electrons. The van der Waals surface area contributed by atoms with Gasteiger partial charge in [0.25, 0.3) is 0 Å². The lowest BCUT2D eigenvalue weighted by Crippen LogP contribution is -2.24. The highest BCUT2D eigenvalue weighted by Crippen LogP contribution is 2.26. The third kappa shape index (κ3) is 9.48. The fraction of sp³-hybridized carbons (Fsp3) is 0.750. The summed E-state index contributed by atoms with van der Waals surface area (Å²) in [4.78, 5) is 10.4. The van der Waals surface area contributed by atoms with E-state index in [2.05, 4.69) is 13.0 Å². The quantitative estimate of drug-likeness (QED) is 0.293. The van der Waals surface area contributed by atoms with Crippen molar-refractivity contribution in [2.75, 3.05) is 0 Å². The standard InChI is InChI=1S/C20H34O6/c1-2-3-4-5-6-7-10-18-17(23)14-19(26-18)16(22)13-12-15(21)9-8-11-20(24)25/h6-7,12-13,15-19,21-23H,2-5,8-11,14H2,1H3,(H,24,25)/b7-6-,13-12+/t15-,16-,17-,18-,19-/m1/s1. The summed E-state index contributed by atoms with van der Waals surface area (Å²) < 4.78 is 5.75. The van der Waals surface area contributed by atoms with E-state index in [4.69, 9.17) is 9.84 Å². The molecule has 1 saturated heterocycles. The largest absolute Gasteiger partial charge is 0.481 e. The SMILES string of the molecule is CCCCC/C=C\C[C@H]1O[C@@H]([C@H](O)/C=C/[C@H](O)CCCC(=O)O)C[C@H]1O. The number of hydrogen-bond donors (Lipinski definition) is 4. The molecule has 5 atom stereocenters. The summed E-state index contributed by atoms with van der Waals surface area (Å²) in [5.41, 5.74) is 0. The summed E-state index contributed by atoms with van der Waals surface area (Å²) in [6, 6.07) is 0. The molecular formula is C20H34O6. The first kappa shape index (κ1) is 22.8. The van der Waals surface area contributed by atoms with E-state index in [1.807, 2.05) is 6.08 Å². The molecule has 0 aromatic heterocycles. The Morgan fingerprint density at radius 2 is 1.96 bits per heavy atom. The Labute approximate surface area is 156 Å². The normalized spacial score (nSPS) is 25.9. The van der Waals surface area contributed by atoms with Crippen molar-refractivity contribution < 1.29 is 30.0 Å². The van der Waals surface area contributed by atoms with Crippen LogP contribution in [0.3, 0.4) is 0 Å². The lowest BCUT2D eigenvalue weighted by molar-refractivity contribution is -0.137. The maximum absolute atomic E-state index is 10.4. The fourth-order valence-corrected chi connectivity index (χ4v) is 2.98. The Balaban J connectivity index is 2.31. The number of ether oxygens (including phenoxy) is 1. The summed E-state index contributed by atoms with van der Waals surface area (Å²) in [6.07, 6.45) is 10.3. The van der Waals surface area contributed by atoms with Gasteiger partial charge in [0.2, 0.25) is 0 Å². The third-order valence-corrected chi connectivity index (χ3v) is 4.56. The van der Waals surface area contributed by atoms with Crippen molar-refractivity contribution >= 4 is 5.97 Å². The molecule has 0 aliphatic carbocycles. The number of carboxylic acid groups (broad SMARTS) is 1. The molecule has 1 fully saturated rings. The summed E-state index contributed by atoms with van der Waals surface area (Å²) in [6.45, 7) is 2.17. The van der Waals surface area contributed by atoms with Gasteiger partial charge in [0.15, 0.2) is 0 Å². The second-order valence-corrected chi connectivity index (χ2v) is 6.95. The number of hydrogen-bond acceptors (Lipinski definition) is 5. The zero-order valence-electron chi connectivity index (χ0n) is 15.7. The molecule has 0 unspecified atom stereocenters. The summed E-state index contributed by atoms with van der Waals surface area (Å²) in [7, 11) is 0. The van der Waals surface area contributed by atoms with Gasteiger partial charge in [-0.15, -0.1) is 0 Å². The Hall–Kier alpha value is -1.21. The number of unbranched alkanes of at least 4 members (excludes halogenated alkanes) is 3. The summed E-state index contributed by atoms with van der Waals surface area (Å²) in [5.74, 6) is -0.889. The van der Waals surface area contributed by atoms with Gasteiger partial charge < -0.3 is 25.2 Å². The number of aliphatic hydroxyl groups is 3. The zero-order chi connectivity index (χ0) is 19.4. The number of aliphatic carboxylic acids is 1. The van der Waals surface area contributed by atoms with Crippen molar-refractivity contribution in [3.63, 3.8) is 0 Å². The molecule has 0 amide bonds. The van der Waals surface area contributed by atoms with Crippen molar-refractivity contribution in [2.24, 2.45) is 0 Å². The first-order valence-electron chi connectivity index (χ1n) is 9.68. The molecule has 26 heavy (non-hydrogen) atoms. The molecule has 0 aromatic rings. The topological polar surface area (TPSA) is 107 Å². The summed E-state index contributed by atoms with van der Waals surface area (Å²) in [5, 5.41) is 38.6. The molecule has 0 bridgehead atoms. The van der Waals surface area contributed by atoms with Gasteiger partial charge in [-0.2, -0.15) is 0 Å². The molecular weight excluding hydrogens is 336 g/mol. The molecule has 6 nitrogen and oxygen atoms in total. The maximum atomic E-state index is 10.4. The van der Waals surface area contributed by atoms with Crippen LogP contribution in [0.1, 0.15) is 64.7 Å². The van der Waals surface area contributed by atoms with Crippen LogP contribution < -0.4 is 0 Å². The van der Waals surface area contributed by atoms with Gasteiger partial charge in [-0.05, 0) is 32.1 Å². The van der Waals surface area contributed by atoms with Crippen molar-refractivity contribution in [3.8, 4) is 0 Å². The number of rotatable bonds is 13. The lowest BCUT2D eigenvalue weighted by Gasteiger charge is -2.16. The Morgan fingerprint density at radius 1 is 1.19 bits per heavy atom. The van der Waals surface area contributed by atoms with Crippen LogP contribution >= 0.6 is 0 Å². The van der Waals surface area contributed by atoms with E-state index in [1.165, 1.54) is 31.4 Å². The van der Waals surface area contributed by atoms with Crippen LogP contribution in [0.15, 0.2) is 24.3 Å². The van der Waals surface area contributed by atoms with E-state index < -0.39 is 30.4 Å². The van der Waals surface area contributed by atoms with Crippen LogP contribution in [0, 0.1) is 0 Å². The maximum Gasteiger partial charge on any atom is 0.303 e. The number of aliphatic hydroxyl groups excluding tert-OH is 3. The van der Waals surface area contributed by atoms with Crippen molar-refractivity contribution in [3.05, 3.63) is 24.3 Å². The van der Waals surface area contributed by atoms with Gasteiger partial charge in [0, 0.05) is 12.8 Å². The molecule has 1 heterocycles. The average Bonchev–Trinajstić information content (AvgIpc) is 2.96. The van der Waals surface area contributed by atoms with E-state index in [1.54, 1.807) is 0 Å². The van der Waals surface area contributed by atoms with Crippen LogP contribution in [-0.2, 0) is 9.53 Å². The third-order valence-electron chi connectivity index (χ3n) is 4.56. The van der Waals surface area contributed by atoms with Gasteiger partial charge in [-0.1, -0.05) is 44.1 Å². The molecule has 6 heteroatoms. The predicted molar refractivity (Wildman–Crippen MR) is 99.8 cm³/mol. The molecule has 0 spiro atoms. The molecule has 150 valence electrons. The van der Waals surface area contributed by atoms with Crippen molar-refractivity contribution in [1.29, 1.82) is 0 Å². The van der Waals surface area contributed by atoms with Gasteiger partial charge >= 0.3 is 5.97 Å². The van der Waals surface area contributed by atoms with Crippen LogP contribution in [0.25, 0.3) is 0 Å². The first-order valence-corrected chi connectivity index (χ1v) is 9.68. The minimum Gasteiger partial charge on any atom is -0.481 e. The van der Waals surface area contributed by atoms with Crippen molar-refractivity contribution in [2.45, 2.75) is 95.2 Å². The average molecular weight is 370 g/mol. The highest BCUT2D eigenvalue weighted by atomic mass is 16.5. The highest BCUT2D eigenvalue weighted by molar-refractivity contribution is 5.66. The Morgan fingerprint density at radius 3 is 2.65 bits per heavy atom. The summed E-state index contributed by atoms with van der Waals surface area (Å²) >= 11 is 0. The monoisotopic (exact) mass is 370 g/mol. The van der Waals surface area contributed by atoms with Crippen LogP contribution in [0.5, 0.6) is 0 Å². The molecule has 0 aromatic carbocycles. The smallest absolute Gasteiger partial charge is 0.303 e. The first-order chi connectivity index (χ1) is 12.4. The van der Waals surface area contributed by atoms with E-state index >= 15 is 0 Å². The fourth-order valence-electron chi connectivity index (χ4n) is 2.98. The number of carbonyl (C=O) groups is 1. The van der Waals surface area contributed by atoms with Gasteiger partial charge in [0.05, 0.1) is 30.5 Å². The Bertz CT molecular complexity index is 448. The number of allylic oxidation sites excluding steroid dienone is 1. The molecule has 1 aliphatic rings. The van der Waals surface area contributed by atoms with Gasteiger partial charge in [-0.25, -0.2) is 0 Å². The van der Waals surface area contributed by atoms with Gasteiger partial charge in [0.1, 0.15) is 0 Å². The Kier molecular flexibility index (Phi) is 11.4. The molecule has 1 rings (SSSR count). The van der Waals surface area contributed by atoms with E-state index in [0.29, 0.717) is 25.7 Å². The highest BCUT2D eigenvalue weighted by Gasteiger charge is 2.36. The molecule has 4 N–H and O–H groups in total. The van der Waals surface area contributed by atoms with E-state index in [0.717, 1.165) is 6.42 Å². The van der Waals surface area contributed by atoms with E-state index in [9.17, 15) is 20.1 Å². The predicted octanol–water partition coefficient (Wildman–Crippen LogP) is 2.56. The molecule has 1 aliphatic heterocycles. The van der Waals surface area contributed by atoms with Crippen LogP contribution in [-0.4, -0.2) is 56.9 Å². The lowest BCUT2D eigenvalue weighted by atomic mass is 10.0. The zero-order valence-corrected chi connectivity index (χ0v) is 15.7. The second kappa shape index (κ2) is 13.0. The minimum atomic E-state index is -0.905. The van der Waals surface area contributed by atoms with Crippen LogP contribution in [0.4, 0.5) is 0 Å². The molecule has 0 saturated carbocycles. The minimum absolute atomic E-state index is 0.0129. The second-order valence-electron chi connectivity index (χ2n) is 6.95. The number of carboxylic acids is 1. The van der Waals surface area contributed by atoms with Crippen LogP contribution in [0.2, 0.25) is 0 Å². The van der Waals surface area contributed by atoms with E-state index in [-0.39, 0.29) is 12.5 Å².